The molecule has 7 nitrogen and oxygen atoms in total. The summed E-state index contributed by atoms with van der Waals surface area (Å²) in [6.45, 7) is 1.95. The van der Waals surface area contributed by atoms with E-state index in [1.807, 2.05) is 24.3 Å². The van der Waals surface area contributed by atoms with Crippen LogP contribution in [0.25, 0.3) is 0 Å². The van der Waals surface area contributed by atoms with Gasteiger partial charge in [-0.25, -0.2) is 4.79 Å². The molecule has 3 amide bonds. The van der Waals surface area contributed by atoms with Crippen LogP contribution in [0, 0.1) is 0 Å². The molecule has 0 N–H and O–H groups in total. The van der Waals surface area contributed by atoms with Gasteiger partial charge in [-0.05, 0) is 18.6 Å². The van der Waals surface area contributed by atoms with E-state index in [2.05, 4.69) is 4.90 Å². The number of nitrogens with zero attached hydrogens (tertiary/aromatic N) is 3. The van der Waals surface area contributed by atoms with Gasteiger partial charge in [-0.15, -0.1) is 0 Å². The first kappa shape index (κ1) is 16.2. The number of fused-ring (bicyclic) bond motifs is 1. The van der Waals surface area contributed by atoms with Crippen molar-refractivity contribution in [3.63, 3.8) is 0 Å². The molecule has 3 heterocycles. The number of ether oxygens (including phenoxy) is 2. The van der Waals surface area contributed by atoms with Gasteiger partial charge in [0.05, 0.1) is 24.9 Å². The Labute approximate surface area is 147 Å². The van der Waals surface area contributed by atoms with Crippen molar-refractivity contribution in [3.8, 4) is 5.75 Å². The molecule has 4 rings (SSSR count). The maximum absolute atomic E-state index is 12.8. The normalized spacial score (nSPS) is 28.9. The first-order valence-corrected chi connectivity index (χ1v) is 8.68. The molecule has 3 aliphatic heterocycles. The van der Waals surface area contributed by atoms with Crippen molar-refractivity contribution >= 4 is 17.6 Å². The summed E-state index contributed by atoms with van der Waals surface area (Å²) >= 11 is 0. The minimum Gasteiger partial charge on any atom is -0.495 e. The Morgan fingerprint density at radius 1 is 1.12 bits per heavy atom. The van der Waals surface area contributed by atoms with Gasteiger partial charge in [0.15, 0.2) is 0 Å². The highest BCUT2D eigenvalue weighted by Gasteiger charge is 2.53. The lowest BCUT2D eigenvalue weighted by atomic mass is 10.1. The third-order valence-corrected chi connectivity index (χ3v) is 5.52. The molecular formula is C18H23N3O4. The van der Waals surface area contributed by atoms with Gasteiger partial charge >= 0.3 is 6.03 Å². The summed E-state index contributed by atoms with van der Waals surface area (Å²) in [6.07, 6.45) is 1.35. The Morgan fingerprint density at radius 2 is 1.92 bits per heavy atom. The zero-order chi connectivity index (χ0) is 17.6. The van der Waals surface area contributed by atoms with Crippen molar-refractivity contribution in [1.29, 1.82) is 0 Å². The summed E-state index contributed by atoms with van der Waals surface area (Å²) in [5.41, 5.74) is 1.01. The molecule has 1 aromatic rings. The predicted octanol–water partition coefficient (Wildman–Crippen LogP) is 1.33. The summed E-state index contributed by atoms with van der Waals surface area (Å²) in [4.78, 5) is 30.9. The molecule has 134 valence electrons. The Bertz CT molecular complexity index is 671. The number of hydrogen-bond donors (Lipinski definition) is 0. The van der Waals surface area contributed by atoms with E-state index in [0.717, 1.165) is 24.4 Å². The van der Waals surface area contributed by atoms with Crippen molar-refractivity contribution in [3.05, 3.63) is 24.3 Å². The van der Waals surface area contributed by atoms with Crippen LogP contribution in [-0.4, -0.2) is 73.8 Å². The molecule has 0 spiro atoms. The van der Waals surface area contributed by atoms with Crippen LogP contribution in [0.2, 0.25) is 0 Å². The highest BCUT2D eigenvalue weighted by Crippen LogP contribution is 2.35. The number of hydrogen-bond acceptors (Lipinski definition) is 5. The summed E-state index contributed by atoms with van der Waals surface area (Å²) in [5, 5.41) is 0. The molecule has 0 unspecified atom stereocenters. The summed E-state index contributed by atoms with van der Waals surface area (Å²) in [6, 6.07) is 7.24. The van der Waals surface area contributed by atoms with E-state index in [1.165, 1.54) is 4.90 Å². The molecule has 0 bridgehead atoms. The molecule has 0 aromatic heterocycles. The first-order chi connectivity index (χ1) is 12.1. The Kier molecular flexibility index (Phi) is 4.03. The van der Waals surface area contributed by atoms with Crippen LogP contribution in [0.1, 0.15) is 12.8 Å². The largest absolute Gasteiger partial charge is 0.495 e. The van der Waals surface area contributed by atoms with Gasteiger partial charge < -0.3 is 19.3 Å². The minimum absolute atomic E-state index is 0.0336. The van der Waals surface area contributed by atoms with Crippen molar-refractivity contribution in [2.24, 2.45) is 0 Å². The van der Waals surface area contributed by atoms with Gasteiger partial charge in [0.1, 0.15) is 11.8 Å². The molecule has 0 aliphatic carbocycles. The predicted molar refractivity (Wildman–Crippen MR) is 91.8 cm³/mol. The van der Waals surface area contributed by atoms with Gasteiger partial charge in [-0.2, -0.15) is 0 Å². The van der Waals surface area contributed by atoms with Crippen molar-refractivity contribution in [2.45, 2.75) is 31.0 Å². The molecule has 0 radical (unpaired) electrons. The maximum atomic E-state index is 12.8. The smallest absolute Gasteiger partial charge is 0.327 e. The van der Waals surface area contributed by atoms with Gasteiger partial charge in [-0.1, -0.05) is 12.1 Å². The lowest BCUT2D eigenvalue weighted by molar-refractivity contribution is -0.129. The number of rotatable bonds is 4. The molecule has 3 atom stereocenters. The summed E-state index contributed by atoms with van der Waals surface area (Å²) in [7, 11) is 3.28. The summed E-state index contributed by atoms with van der Waals surface area (Å²) in [5.74, 6) is 0.738. The van der Waals surface area contributed by atoms with Crippen LogP contribution in [-0.2, 0) is 9.53 Å². The van der Waals surface area contributed by atoms with Gasteiger partial charge in [0, 0.05) is 33.2 Å². The third kappa shape index (κ3) is 2.54. The van der Waals surface area contributed by atoms with Gasteiger partial charge in [0.25, 0.3) is 5.91 Å². The number of benzene rings is 1. The quantitative estimate of drug-likeness (QED) is 0.771. The van der Waals surface area contributed by atoms with E-state index in [-0.39, 0.29) is 30.1 Å². The van der Waals surface area contributed by atoms with Crippen molar-refractivity contribution in [2.75, 3.05) is 38.8 Å². The standard InChI is InChI=1S/C18H23N3O4/c1-24-13-9-15-17(22)21(18(23)20(15)11-13)12-7-8-19(10-12)14-5-3-4-6-16(14)25-2/h3-6,12-13,15H,7-11H2,1-2H3/t12-,13+,15+/m0/s1. The fraction of sp³-hybridized carbons (Fsp3) is 0.556. The number of imide groups is 1. The van der Waals surface area contributed by atoms with E-state index in [4.69, 9.17) is 9.47 Å². The molecule has 3 aliphatic rings. The number of carbonyl (C=O) groups excluding carboxylic acids is 2. The van der Waals surface area contributed by atoms with E-state index >= 15 is 0 Å². The number of amides is 3. The molecule has 3 fully saturated rings. The van der Waals surface area contributed by atoms with Gasteiger partial charge in [-0.3, -0.25) is 9.69 Å². The number of urea groups is 1. The monoisotopic (exact) mass is 345 g/mol. The van der Waals surface area contributed by atoms with Crippen LogP contribution < -0.4 is 9.64 Å². The second-order valence-corrected chi connectivity index (χ2v) is 6.81. The molecular weight excluding hydrogens is 322 g/mol. The minimum atomic E-state index is -0.349. The average molecular weight is 345 g/mol. The van der Waals surface area contributed by atoms with E-state index in [0.29, 0.717) is 19.5 Å². The number of methoxy groups -OCH3 is 2. The SMILES string of the molecule is COc1ccccc1N1CC[C@H](N2C(=O)[C@H]3C[C@@H](OC)CN3C2=O)C1. The molecule has 0 saturated carbocycles. The average Bonchev–Trinajstić information content (AvgIpc) is 3.32. The zero-order valence-electron chi connectivity index (χ0n) is 14.6. The van der Waals surface area contributed by atoms with Crippen molar-refractivity contribution in [1.82, 2.24) is 9.80 Å². The van der Waals surface area contributed by atoms with E-state index < -0.39 is 0 Å². The highest BCUT2D eigenvalue weighted by molar-refractivity contribution is 6.05. The molecule has 7 heteroatoms. The summed E-state index contributed by atoms with van der Waals surface area (Å²) < 4.78 is 10.8. The van der Waals surface area contributed by atoms with Crippen LogP contribution in [0.15, 0.2) is 24.3 Å². The van der Waals surface area contributed by atoms with E-state index in [1.54, 1.807) is 19.1 Å². The molecule has 3 saturated heterocycles. The van der Waals surface area contributed by atoms with Crippen LogP contribution in [0.4, 0.5) is 10.5 Å². The fourth-order valence-corrected chi connectivity index (χ4v) is 4.21. The molecule has 25 heavy (non-hydrogen) atoms. The Balaban J connectivity index is 1.49. The second-order valence-electron chi connectivity index (χ2n) is 6.81. The topological polar surface area (TPSA) is 62.3 Å². The maximum Gasteiger partial charge on any atom is 0.327 e. The van der Waals surface area contributed by atoms with Crippen LogP contribution in [0.5, 0.6) is 5.75 Å². The van der Waals surface area contributed by atoms with Crippen LogP contribution in [0.3, 0.4) is 0 Å². The molecule has 1 aromatic carbocycles. The van der Waals surface area contributed by atoms with E-state index in [9.17, 15) is 9.59 Å². The number of anilines is 1. The first-order valence-electron chi connectivity index (χ1n) is 8.68. The lowest BCUT2D eigenvalue weighted by Gasteiger charge is -2.25. The number of carbonyl (C=O) groups is 2. The Hall–Kier alpha value is -2.28. The third-order valence-electron chi connectivity index (χ3n) is 5.52. The fourth-order valence-electron chi connectivity index (χ4n) is 4.21. The van der Waals surface area contributed by atoms with Gasteiger partial charge in [0.2, 0.25) is 0 Å². The number of para-hydroxylation sites is 2. The second kappa shape index (κ2) is 6.22. The van der Waals surface area contributed by atoms with Crippen molar-refractivity contribution < 1.29 is 19.1 Å². The van der Waals surface area contributed by atoms with Crippen LogP contribution >= 0.6 is 0 Å². The Morgan fingerprint density at radius 3 is 2.64 bits per heavy atom. The lowest BCUT2D eigenvalue weighted by Crippen LogP contribution is -2.44. The highest BCUT2D eigenvalue weighted by atomic mass is 16.5. The zero-order valence-corrected chi connectivity index (χ0v) is 14.6.